The molecule has 0 radical (unpaired) electrons. The molecule has 122 valence electrons. The largest absolute Gasteiger partial charge is 0.296 e. The maximum absolute atomic E-state index is 12.3. The van der Waals surface area contributed by atoms with Gasteiger partial charge in [0.15, 0.2) is 0 Å². The summed E-state index contributed by atoms with van der Waals surface area (Å²) in [6.07, 6.45) is 2.22. The lowest BCUT2D eigenvalue weighted by Crippen LogP contribution is -2.15. The first-order valence-corrected chi connectivity index (χ1v) is 9.46. The van der Waals surface area contributed by atoms with E-state index >= 15 is 0 Å². The quantitative estimate of drug-likeness (QED) is 0.718. The predicted octanol–water partition coefficient (Wildman–Crippen LogP) is 4.55. The van der Waals surface area contributed by atoms with Gasteiger partial charge in [0, 0.05) is 10.9 Å². The van der Waals surface area contributed by atoms with Gasteiger partial charge in [-0.2, -0.15) is 8.42 Å². The summed E-state index contributed by atoms with van der Waals surface area (Å²) in [5, 5.41) is 0.677. The van der Waals surface area contributed by atoms with Crippen molar-refractivity contribution in [2.45, 2.75) is 30.6 Å². The van der Waals surface area contributed by atoms with Crippen molar-refractivity contribution in [2.24, 2.45) is 5.92 Å². The van der Waals surface area contributed by atoms with Crippen LogP contribution in [0.15, 0.2) is 53.4 Å². The molecule has 1 aliphatic carbocycles. The Labute approximate surface area is 142 Å². The SMILES string of the molecule is Cc1ccc(S(=O)(=O)OCC(c2ccc(Cl)cc2)C2CC2)cc1. The Kier molecular flexibility index (Phi) is 4.76. The number of halogens is 1. The summed E-state index contributed by atoms with van der Waals surface area (Å²) in [6.45, 7) is 2.09. The fraction of sp³-hybridized carbons (Fsp3) is 0.333. The molecule has 23 heavy (non-hydrogen) atoms. The minimum absolute atomic E-state index is 0.0903. The van der Waals surface area contributed by atoms with Crippen molar-refractivity contribution in [1.29, 1.82) is 0 Å². The number of benzene rings is 2. The van der Waals surface area contributed by atoms with Crippen LogP contribution >= 0.6 is 11.6 Å². The van der Waals surface area contributed by atoms with E-state index in [1.807, 2.05) is 31.2 Å². The molecule has 2 aromatic rings. The zero-order valence-corrected chi connectivity index (χ0v) is 14.5. The fourth-order valence-corrected chi connectivity index (χ4v) is 3.71. The van der Waals surface area contributed by atoms with E-state index in [4.69, 9.17) is 15.8 Å². The molecular formula is C18H19ClO3S. The van der Waals surface area contributed by atoms with Crippen molar-refractivity contribution in [3.8, 4) is 0 Å². The molecule has 2 aromatic carbocycles. The van der Waals surface area contributed by atoms with E-state index in [0.29, 0.717) is 10.9 Å². The first-order valence-electron chi connectivity index (χ1n) is 7.67. The summed E-state index contributed by atoms with van der Waals surface area (Å²) in [7, 11) is -3.72. The molecule has 0 aromatic heterocycles. The van der Waals surface area contributed by atoms with Crippen LogP contribution in [0.25, 0.3) is 0 Å². The lowest BCUT2D eigenvalue weighted by atomic mass is 9.95. The van der Waals surface area contributed by atoms with Crippen LogP contribution in [0.1, 0.15) is 29.9 Å². The molecule has 0 N–H and O–H groups in total. The second-order valence-corrected chi connectivity index (χ2v) is 8.10. The van der Waals surface area contributed by atoms with E-state index in [1.165, 1.54) is 0 Å². The van der Waals surface area contributed by atoms with Crippen LogP contribution < -0.4 is 0 Å². The third kappa shape index (κ3) is 4.14. The third-order valence-electron chi connectivity index (χ3n) is 4.20. The number of aryl methyl sites for hydroxylation is 1. The highest BCUT2D eigenvalue weighted by Gasteiger charge is 2.33. The van der Waals surface area contributed by atoms with Gasteiger partial charge in [-0.25, -0.2) is 0 Å². The number of hydrogen-bond acceptors (Lipinski definition) is 3. The molecule has 1 atom stereocenters. The van der Waals surface area contributed by atoms with Gasteiger partial charge in [0.2, 0.25) is 0 Å². The van der Waals surface area contributed by atoms with Crippen LogP contribution in [0, 0.1) is 12.8 Å². The molecule has 0 saturated heterocycles. The van der Waals surface area contributed by atoms with E-state index in [2.05, 4.69) is 0 Å². The van der Waals surface area contributed by atoms with E-state index in [1.54, 1.807) is 24.3 Å². The Balaban J connectivity index is 1.74. The molecule has 0 spiro atoms. The summed E-state index contributed by atoms with van der Waals surface area (Å²) in [5.41, 5.74) is 2.09. The van der Waals surface area contributed by atoms with Crippen molar-refractivity contribution < 1.29 is 12.6 Å². The predicted molar refractivity (Wildman–Crippen MR) is 91.2 cm³/mol. The highest BCUT2D eigenvalue weighted by molar-refractivity contribution is 7.86. The van der Waals surface area contributed by atoms with Gasteiger partial charge in [-0.1, -0.05) is 41.4 Å². The van der Waals surface area contributed by atoms with Gasteiger partial charge >= 0.3 is 0 Å². The van der Waals surface area contributed by atoms with Crippen molar-refractivity contribution in [1.82, 2.24) is 0 Å². The molecule has 1 fully saturated rings. The molecule has 0 bridgehead atoms. The normalized spacial score (nSPS) is 16.3. The van der Waals surface area contributed by atoms with Crippen molar-refractivity contribution in [2.75, 3.05) is 6.61 Å². The van der Waals surface area contributed by atoms with Gasteiger partial charge in [0.1, 0.15) is 0 Å². The second kappa shape index (κ2) is 6.63. The molecule has 1 aliphatic rings. The Morgan fingerprint density at radius 2 is 1.70 bits per heavy atom. The number of rotatable bonds is 6. The maximum atomic E-state index is 12.3. The highest BCUT2D eigenvalue weighted by Crippen LogP contribution is 2.43. The average Bonchev–Trinajstić information content (AvgIpc) is 3.34. The van der Waals surface area contributed by atoms with Crippen molar-refractivity contribution >= 4 is 21.7 Å². The molecule has 0 aliphatic heterocycles. The van der Waals surface area contributed by atoms with Crippen LogP contribution in [-0.2, 0) is 14.3 Å². The molecule has 3 rings (SSSR count). The second-order valence-electron chi connectivity index (χ2n) is 6.05. The highest BCUT2D eigenvalue weighted by atomic mass is 35.5. The maximum Gasteiger partial charge on any atom is 0.296 e. The molecule has 0 amide bonds. The Hall–Kier alpha value is -1.36. The van der Waals surface area contributed by atoms with Gasteiger partial charge < -0.3 is 0 Å². The summed E-state index contributed by atoms with van der Waals surface area (Å²) in [5.74, 6) is 0.580. The molecular weight excluding hydrogens is 332 g/mol. The zero-order valence-electron chi connectivity index (χ0n) is 12.9. The summed E-state index contributed by atoms with van der Waals surface area (Å²) >= 11 is 5.93. The average molecular weight is 351 g/mol. The molecule has 5 heteroatoms. The van der Waals surface area contributed by atoms with Crippen molar-refractivity contribution in [3.05, 3.63) is 64.7 Å². The Morgan fingerprint density at radius 3 is 2.26 bits per heavy atom. The van der Waals surface area contributed by atoms with Gasteiger partial charge in [0.05, 0.1) is 11.5 Å². The van der Waals surface area contributed by atoms with Crippen molar-refractivity contribution in [3.63, 3.8) is 0 Å². The van der Waals surface area contributed by atoms with E-state index in [-0.39, 0.29) is 17.4 Å². The van der Waals surface area contributed by atoms with Gasteiger partial charge in [0.25, 0.3) is 10.1 Å². The Bertz CT molecular complexity index is 763. The lowest BCUT2D eigenvalue weighted by molar-refractivity contribution is 0.279. The van der Waals surface area contributed by atoms with Gasteiger partial charge in [-0.15, -0.1) is 0 Å². The van der Waals surface area contributed by atoms with E-state index in [0.717, 1.165) is 24.0 Å². The van der Waals surface area contributed by atoms with Crippen LogP contribution in [0.5, 0.6) is 0 Å². The topological polar surface area (TPSA) is 43.4 Å². The minimum Gasteiger partial charge on any atom is -0.266 e. The monoisotopic (exact) mass is 350 g/mol. The van der Waals surface area contributed by atoms with E-state index < -0.39 is 10.1 Å². The van der Waals surface area contributed by atoms with Gasteiger partial charge in [-0.3, -0.25) is 4.18 Å². The molecule has 1 unspecified atom stereocenters. The summed E-state index contributed by atoms with van der Waals surface area (Å²) < 4.78 is 30.0. The Morgan fingerprint density at radius 1 is 1.09 bits per heavy atom. The van der Waals surface area contributed by atoms with E-state index in [9.17, 15) is 8.42 Å². The standard InChI is InChI=1S/C18H19ClO3S/c1-13-2-10-17(11-3-13)23(20,21)22-12-18(14-4-5-14)15-6-8-16(19)9-7-15/h2-3,6-11,14,18H,4-5,12H2,1H3. The third-order valence-corrected chi connectivity index (χ3v) is 5.75. The summed E-state index contributed by atoms with van der Waals surface area (Å²) in [4.78, 5) is 0.203. The fourth-order valence-electron chi connectivity index (χ4n) is 2.65. The molecule has 3 nitrogen and oxygen atoms in total. The summed E-state index contributed by atoms with van der Waals surface area (Å²) in [6, 6.07) is 14.3. The van der Waals surface area contributed by atoms with Gasteiger partial charge in [-0.05, 0) is 55.5 Å². The van der Waals surface area contributed by atoms with Crippen LogP contribution in [0.2, 0.25) is 5.02 Å². The first kappa shape index (κ1) is 16.5. The molecule has 1 saturated carbocycles. The lowest BCUT2D eigenvalue weighted by Gasteiger charge is -2.17. The first-order chi connectivity index (χ1) is 11.0. The van der Waals surface area contributed by atoms with Crippen LogP contribution in [0.3, 0.4) is 0 Å². The van der Waals surface area contributed by atoms with Crippen LogP contribution in [0.4, 0.5) is 0 Å². The molecule has 0 heterocycles. The van der Waals surface area contributed by atoms with Crippen LogP contribution in [-0.4, -0.2) is 15.0 Å². The smallest absolute Gasteiger partial charge is 0.266 e. The zero-order chi connectivity index (χ0) is 16.4. The minimum atomic E-state index is -3.72. The number of hydrogen-bond donors (Lipinski definition) is 0.